The summed E-state index contributed by atoms with van der Waals surface area (Å²) in [6.07, 6.45) is 2.23. The van der Waals surface area contributed by atoms with Crippen LogP contribution in [-0.4, -0.2) is 41.9 Å². The highest BCUT2D eigenvalue weighted by Crippen LogP contribution is 2.28. The molecule has 2 aromatic carbocycles. The van der Waals surface area contributed by atoms with E-state index in [1.165, 1.54) is 21.9 Å². The van der Waals surface area contributed by atoms with E-state index in [0.29, 0.717) is 29.4 Å². The van der Waals surface area contributed by atoms with Gasteiger partial charge in [0.05, 0.1) is 17.7 Å². The molecule has 2 N–H and O–H groups in total. The number of piperidine rings is 1. The van der Waals surface area contributed by atoms with Crippen molar-refractivity contribution < 1.29 is 18.8 Å². The van der Waals surface area contributed by atoms with Crippen LogP contribution in [0.2, 0.25) is 5.02 Å². The molecule has 0 radical (unpaired) electrons. The number of amides is 4. The van der Waals surface area contributed by atoms with Crippen molar-refractivity contribution in [1.82, 2.24) is 4.90 Å². The van der Waals surface area contributed by atoms with Crippen LogP contribution in [0.5, 0.6) is 0 Å². The van der Waals surface area contributed by atoms with E-state index in [4.69, 9.17) is 11.6 Å². The molecule has 10 heteroatoms. The Labute approximate surface area is 201 Å². The fourth-order valence-corrected chi connectivity index (χ4v) is 4.33. The second kappa shape index (κ2) is 10.1. The molecule has 4 amide bonds. The summed E-state index contributed by atoms with van der Waals surface area (Å²) in [4.78, 5) is 40.7. The molecule has 176 valence electrons. The molecule has 0 spiro atoms. The number of carbonyl (C=O) groups is 3. The van der Waals surface area contributed by atoms with Gasteiger partial charge in [0.25, 0.3) is 0 Å². The third kappa shape index (κ3) is 5.13. The predicted molar refractivity (Wildman–Crippen MR) is 126 cm³/mol. The van der Waals surface area contributed by atoms with Crippen LogP contribution in [0.15, 0.2) is 42.5 Å². The minimum Gasteiger partial charge on any atom is -0.322 e. The summed E-state index contributed by atoms with van der Waals surface area (Å²) < 4.78 is 14.8. The lowest BCUT2D eigenvalue weighted by molar-refractivity contribution is -0.120. The molecule has 0 unspecified atom stereocenters. The van der Waals surface area contributed by atoms with E-state index >= 15 is 0 Å². The first kappa shape index (κ1) is 23.5. The van der Waals surface area contributed by atoms with Crippen molar-refractivity contribution in [1.29, 1.82) is 5.26 Å². The molecule has 2 aliphatic rings. The number of likely N-dealkylation sites (tertiary alicyclic amines) is 1. The van der Waals surface area contributed by atoms with Gasteiger partial charge < -0.3 is 20.4 Å². The Morgan fingerprint density at radius 2 is 1.88 bits per heavy atom. The summed E-state index contributed by atoms with van der Waals surface area (Å²) in [6, 6.07) is 11.3. The van der Waals surface area contributed by atoms with Crippen LogP contribution >= 0.6 is 11.6 Å². The highest BCUT2D eigenvalue weighted by atomic mass is 35.5. The van der Waals surface area contributed by atoms with Crippen LogP contribution < -0.4 is 15.5 Å². The largest absolute Gasteiger partial charge is 0.322 e. The highest BCUT2D eigenvalue weighted by molar-refractivity contribution is 6.30. The summed E-state index contributed by atoms with van der Waals surface area (Å²) in [7, 11) is 0. The summed E-state index contributed by atoms with van der Waals surface area (Å²) in [5, 5.41) is 15.1. The van der Waals surface area contributed by atoms with Crippen LogP contribution in [0.25, 0.3) is 0 Å². The lowest BCUT2D eigenvalue weighted by atomic mass is 10.1. The maximum absolute atomic E-state index is 14.8. The Morgan fingerprint density at radius 3 is 2.56 bits per heavy atom. The number of anilines is 3. The lowest BCUT2D eigenvalue weighted by Crippen LogP contribution is -2.45. The normalized spacial score (nSPS) is 20.1. The summed E-state index contributed by atoms with van der Waals surface area (Å²) in [5.74, 6) is -1.86. The Balaban J connectivity index is 1.47. The van der Waals surface area contributed by atoms with Gasteiger partial charge in [-0.2, -0.15) is 5.26 Å². The van der Waals surface area contributed by atoms with Crippen molar-refractivity contribution in [3.63, 3.8) is 0 Å². The van der Waals surface area contributed by atoms with E-state index in [1.54, 1.807) is 30.3 Å². The fraction of sp³-hybridized carbons (Fsp3) is 0.333. The molecule has 2 atom stereocenters. The number of benzene rings is 2. The van der Waals surface area contributed by atoms with Crippen molar-refractivity contribution in [2.45, 2.75) is 31.7 Å². The number of hydrogen-bond acceptors (Lipinski definition) is 4. The molecule has 2 fully saturated rings. The fourth-order valence-electron chi connectivity index (χ4n) is 4.20. The highest BCUT2D eigenvalue weighted by Gasteiger charge is 2.40. The smallest absolute Gasteiger partial charge is 0.322 e. The number of urea groups is 1. The Kier molecular flexibility index (Phi) is 6.98. The van der Waals surface area contributed by atoms with Crippen molar-refractivity contribution >= 4 is 46.5 Å². The Hall–Kier alpha value is -3.64. The molecule has 4 rings (SSSR count). The Morgan fingerprint density at radius 1 is 1.12 bits per heavy atom. The average molecular weight is 484 g/mol. The van der Waals surface area contributed by atoms with E-state index in [9.17, 15) is 24.0 Å². The second-order valence-electron chi connectivity index (χ2n) is 8.32. The van der Waals surface area contributed by atoms with Crippen molar-refractivity contribution in [3.8, 4) is 6.07 Å². The molecule has 0 aromatic heterocycles. The number of carbonyl (C=O) groups excluding carboxylic acids is 3. The number of hydrogen-bond donors (Lipinski definition) is 2. The third-order valence-electron chi connectivity index (χ3n) is 5.99. The van der Waals surface area contributed by atoms with Gasteiger partial charge in [-0.05, 0) is 61.7 Å². The van der Waals surface area contributed by atoms with Crippen LogP contribution in [0, 0.1) is 23.1 Å². The van der Waals surface area contributed by atoms with Gasteiger partial charge in [-0.3, -0.25) is 9.59 Å². The first-order valence-corrected chi connectivity index (χ1v) is 11.4. The van der Waals surface area contributed by atoms with Crippen LogP contribution in [0.1, 0.15) is 25.7 Å². The third-order valence-corrected chi connectivity index (χ3v) is 6.24. The number of nitriles is 1. The van der Waals surface area contributed by atoms with Gasteiger partial charge in [-0.25, -0.2) is 9.18 Å². The molecule has 0 saturated carbocycles. The molecule has 0 bridgehead atoms. The van der Waals surface area contributed by atoms with Gasteiger partial charge in [0.15, 0.2) is 0 Å². The van der Waals surface area contributed by atoms with E-state index in [2.05, 4.69) is 16.7 Å². The standard InChI is InChI=1S/C24H23ClFN5O3/c25-16-4-6-17(7-5-16)28-24(34)31-14-15(13-27)11-21(31)23(33)29-20-9-8-18(12-19(20)26)30-10-2-1-3-22(30)32/h4-9,12,15,21H,1-3,10-11,14H2,(H,28,34)(H,29,33)/t15-,21+/m0/s1. The molecule has 0 aliphatic carbocycles. The van der Waals surface area contributed by atoms with Gasteiger partial charge in [0.1, 0.15) is 11.9 Å². The maximum Gasteiger partial charge on any atom is 0.322 e. The maximum atomic E-state index is 14.8. The lowest BCUT2D eigenvalue weighted by Gasteiger charge is -2.27. The molecular formula is C24H23ClFN5O3. The first-order chi connectivity index (χ1) is 16.4. The molecule has 8 nitrogen and oxygen atoms in total. The summed E-state index contributed by atoms with van der Waals surface area (Å²) >= 11 is 5.87. The van der Waals surface area contributed by atoms with E-state index in [-0.39, 0.29) is 24.6 Å². The van der Waals surface area contributed by atoms with Crippen LogP contribution in [0.3, 0.4) is 0 Å². The quantitative estimate of drug-likeness (QED) is 0.673. The zero-order valence-corrected chi connectivity index (χ0v) is 19.0. The summed E-state index contributed by atoms with van der Waals surface area (Å²) in [5.41, 5.74) is 0.870. The van der Waals surface area contributed by atoms with Crippen molar-refractivity contribution in [3.05, 3.63) is 53.3 Å². The van der Waals surface area contributed by atoms with E-state index in [0.717, 1.165) is 12.8 Å². The predicted octanol–water partition coefficient (Wildman–Crippen LogP) is 4.38. The van der Waals surface area contributed by atoms with Gasteiger partial charge in [0.2, 0.25) is 11.8 Å². The summed E-state index contributed by atoms with van der Waals surface area (Å²) in [6.45, 7) is 0.603. The number of rotatable bonds is 4. The van der Waals surface area contributed by atoms with Gasteiger partial charge in [-0.1, -0.05) is 11.6 Å². The van der Waals surface area contributed by atoms with E-state index in [1.807, 2.05) is 0 Å². The van der Waals surface area contributed by atoms with Crippen LogP contribution in [0.4, 0.5) is 26.2 Å². The number of nitrogens with one attached hydrogen (secondary N) is 2. The second-order valence-corrected chi connectivity index (χ2v) is 8.76. The molecular weight excluding hydrogens is 461 g/mol. The minimum absolute atomic E-state index is 0.0571. The Bertz CT molecular complexity index is 1150. The number of nitrogens with zero attached hydrogens (tertiary/aromatic N) is 3. The zero-order chi connectivity index (χ0) is 24.2. The van der Waals surface area contributed by atoms with Gasteiger partial charge in [-0.15, -0.1) is 0 Å². The first-order valence-electron chi connectivity index (χ1n) is 11.0. The van der Waals surface area contributed by atoms with Crippen molar-refractivity contribution in [2.75, 3.05) is 28.6 Å². The monoisotopic (exact) mass is 483 g/mol. The zero-order valence-electron chi connectivity index (χ0n) is 18.3. The molecule has 2 heterocycles. The SMILES string of the molecule is N#C[C@@H]1C[C@H](C(=O)Nc2ccc(N3CCCCC3=O)cc2F)N(C(=O)Nc2ccc(Cl)cc2)C1. The molecule has 34 heavy (non-hydrogen) atoms. The molecule has 2 aromatic rings. The van der Waals surface area contributed by atoms with Crippen molar-refractivity contribution in [2.24, 2.45) is 5.92 Å². The van der Waals surface area contributed by atoms with Crippen LogP contribution in [-0.2, 0) is 9.59 Å². The molecule has 2 aliphatic heterocycles. The van der Waals surface area contributed by atoms with Gasteiger partial charge in [0, 0.05) is 35.9 Å². The minimum atomic E-state index is -0.945. The van der Waals surface area contributed by atoms with E-state index < -0.39 is 29.7 Å². The average Bonchev–Trinajstić information content (AvgIpc) is 3.27. The topological polar surface area (TPSA) is 106 Å². The van der Waals surface area contributed by atoms with Gasteiger partial charge >= 0.3 is 6.03 Å². The number of halogens is 2. The molecule has 2 saturated heterocycles.